The lowest BCUT2D eigenvalue weighted by Gasteiger charge is -2.40. The third kappa shape index (κ3) is 3.64. The molecule has 0 amide bonds. The minimum Gasteiger partial charge on any atom is -0.394 e. The molecule has 22 heavy (non-hydrogen) atoms. The number of rotatable bonds is 4. The Bertz CT molecular complexity index is 589. The summed E-state index contributed by atoms with van der Waals surface area (Å²) in [5.41, 5.74) is 7.48. The van der Waals surface area contributed by atoms with Crippen molar-refractivity contribution in [2.45, 2.75) is 34.7 Å². The monoisotopic (exact) mass is 349 g/mol. The van der Waals surface area contributed by atoms with Crippen molar-refractivity contribution >= 4 is 23.4 Å². The molecule has 0 saturated carbocycles. The minimum absolute atomic E-state index is 0.129. The molecule has 7 nitrogen and oxygen atoms in total. The molecule has 0 aliphatic carbocycles. The summed E-state index contributed by atoms with van der Waals surface area (Å²) in [6, 6.07) is 2.69. The quantitative estimate of drug-likeness (QED) is 0.434. The van der Waals surface area contributed by atoms with Gasteiger partial charge < -0.3 is 20.1 Å². The summed E-state index contributed by atoms with van der Waals surface area (Å²) in [5, 5.41) is 32.9. The Kier molecular flexibility index (Phi) is 5.87. The zero-order valence-corrected chi connectivity index (χ0v) is 12.7. The third-order valence-corrected chi connectivity index (χ3v) is 4.59. The highest BCUT2D eigenvalue weighted by atomic mass is 35.5. The molecule has 0 radical (unpaired) electrons. The second kappa shape index (κ2) is 7.47. The van der Waals surface area contributed by atoms with Crippen molar-refractivity contribution in [2.75, 3.05) is 6.61 Å². The number of halogens is 2. The van der Waals surface area contributed by atoms with Gasteiger partial charge in [-0.05, 0) is 23.7 Å². The van der Waals surface area contributed by atoms with Gasteiger partial charge in [0, 0.05) is 14.8 Å². The molecule has 120 valence electrons. The van der Waals surface area contributed by atoms with E-state index in [4.69, 9.17) is 21.9 Å². The Morgan fingerprint density at radius 3 is 2.77 bits per heavy atom. The summed E-state index contributed by atoms with van der Waals surface area (Å²) in [7, 11) is 0. The fourth-order valence-electron chi connectivity index (χ4n) is 2.05. The van der Waals surface area contributed by atoms with Gasteiger partial charge in [-0.25, -0.2) is 4.39 Å². The van der Waals surface area contributed by atoms with E-state index in [1.54, 1.807) is 0 Å². The molecule has 1 heterocycles. The van der Waals surface area contributed by atoms with E-state index >= 15 is 0 Å². The molecule has 1 aromatic carbocycles. The molecule has 1 aliphatic rings. The molecule has 0 bridgehead atoms. The first-order valence-corrected chi connectivity index (χ1v) is 7.52. The fraction of sp³-hybridized carbons (Fsp3) is 0.500. The van der Waals surface area contributed by atoms with Crippen molar-refractivity contribution in [3.8, 4) is 0 Å². The number of azide groups is 1. The molecule has 1 aliphatic heterocycles. The van der Waals surface area contributed by atoms with E-state index in [9.17, 15) is 19.7 Å². The van der Waals surface area contributed by atoms with E-state index in [-0.39, 0.29) is 4.90 Å². The average Bonchev–Trinajstić information content (AvgIpc) is 2.50. The predicted octanol–water partition coefficient (Wildman–Crippen LogP) is 1.69. The van der Waals surface area contributed by atoms with Crippen LogP contribution in [0.1, 0.15) is 0 Å². The fourth-order valence-corrected chi connectivity index (χ4v) is 3.42. The van der Waals surface area contributed by atoms with Crippen molar-refractivity contribution < 1.29 is 24.4 Å². The second-order valence-corrected chi connectivity index (χ2v) is 6.17. The first kappa shape index (κ1) is 17.3. The molecule has 10 heteroatoms. The van der Waals surface area contributed by atoms with E-state index in [0.29, 0.717) is 5.02 Å². The van der Waals surface area contributed by atoms with E-state index in [0.717, 1.165) is 11.8 Å². The normalized spacial score (nSPS) is 31.6. The van der Waals surface area contributed by atoms with Gasteiger partial charge in [0.1, 0.15) is 23.5 Å². The molecule has 0 spiro atoms. The number of aliphatic hydroxyl groups excluding tert-OH is 3. The SMILES string of the molecule is [N-]=[N+]=NC1C(O)[C@@H](Sc2cc(Cl)ccc2F)OC(CO)[C@@H]1O. The number of hydrogen-bond acceptors (Lipinski definition) is 6. The number of benzene rings is 1. The molecule has 5 atom stereocenters. The van der Waals surface area contributed by atoms with Crippen LogP contribution in [0.15, 0.2) is 28.2 Å². The van der Waals surface area contributed by atoms with Crippen LogP contribution in [-0.4, -0.2) is 51.7 Å². The first-order valence-electron chi connectivity index (χ1n) is 6.26. The molecule has 3 unspecified atom stereocenters. The van der Waals surface area contributed by atoms with Crippen molar-refractivity contribution in [2.24, 2.45) is 5.11 Å². The lowest BCUT2D eigenvalue weighted by molar-refractivity contribution is -0.159. The zero-order chi connectivity index (χ0) is 16.3. The van der Waals surface area contributed by atoms with Crippen molar-refractivity contribution in [3.05, 3.63) is 39.5 Å². The van der Waals surface area contributed by atoms with E-state index in [1.807, 2.05) is 0 Å². The molecule has 1 saturated heterocycles. The Morgan fingerprint density at radius 2 is 2.14 bits per heavy atom. The van der Waals surface area contributed by atoms with Crippen molar-refractivity contribution in [3.63, 3.8) is 0 Å². The molecule has 2 rings (SSSR count). The van der Waals surface area contributed by atoms with Crippen molar-refractivity contribution in [1.82, 2.24) is 0 Å². The predicted molar refractivity (Wildman–Crippen MR) is 78.0 cm³/mol. The Hall–Kier alpha value is -1.06. The van der Waals surface area contributed by atoms with E-state index in [1.165, 1.54) is 18.2 Å². The maximum atomic E-state index is 13.8. The highest BCUT2D eigenvalue weighted by molar-refractivity contribution is 7.99. The van der Waals surface area contributed by atoms with E-state index < -0.39 is 42.2 Å². The van der Waals surface area contributed by atoms with Gasteiger partial charge in [-0.2, -0.15) is 0 Å². The summed E-state index contributed by atoms with van der Waals surface area (Å²) < 4.78 is 19.1. The topological polar surface area (TPSA) is 119 Å². The van der Waals surface area contributed by atoms with Crippen LogP contribution in [0.2, 0.25) is 5.02 Å². The average molecular weight is 350 g/mol. The van der Waals surface area contributed by atoms with Gasteiger partial charge in [-0.3, -0.25) is 0 Å². The lowest BCUT2D eigenvalue weighted by Crippen LogP contribution is -2.56. The molecule has 3 N–H and O–H groups in total. The van der Waals surface area contributed by atoms with Crippen molar-refractivity contribution in [1.29, 1.82) is 0 Å². The maximum absolute atomic E-state index is 13.8. The van der Waals surface area contributed by atoms with Crippen LogP contribution in [0.3, 0.4) is 0 Å². The van der Waals surface area contributed by atoms with Crippen LogP contribution in [0.4, 0.5) is 4.39 Å². The van der Waals surface area contributed by atoms with Crippen LogP contribution < -0.4 is 0 Å². The number of nitrogens with zero attached hydrogens (tertiary/aromatic N) is 3. The van der Waals surface area contributed by atoms with Gasteiger partial charge in [0.15, 0.2) is 0 Å². The molecular formula is C12H13ClFN3O4S. The highest BCUT2D eigenvalue weighted by Crippen LogP contribution is 2.36. The van der Waals surface area contributed by atoms with Crippen LogP contribution in [0, 0.1) is 5.82 Å². The third-order valence-electron chi connectivity index (χ3n) is 3.17. The number of thioether (sulfide) groups is 1. The minimum atomic E-state index is -1.38. The van der Waals surface area contributed by atoms with Gasteiger partial charge in [-0.1, -0.05) is 28.5 Å². The second-order valence-electron chi connectivity index (χ2n) is 4.59. The highest BCUT2D eigenvalue weighted by Gasteiger charge is 2.44. The molecule has 1 fully saturated rings. The Morgan fingerprint density at radius 1 is 1.41 bits per heavy atom. The standard InChI is InChI=1S/C12H13ClFN3O4S/c13-5-1-2-6(14)8(3-5)22-12-11(20)9(16-17-15)10(19)7(4-18)21-12/h1-3,7,9-12,18-20H,4H2/t7?,9?,10-,11?,12+/m0/s1. The summed E-state index contributed by atoms with van der Waals surface area (Å²) >= 11 is 6.63. The van der Waals surface area contributed by atoms with Crippen LogP contribution >= 0.6 is 23.4 Å². The molecule has 0 aromatic heterocycles. The number of aliphatic hydroxyl groups is 3. The Balaban J connectivity index is 2.25. The first-order chi connectivity index (χ1) is 10.5. The van der Waals surface area contributed by atoms with Gasteiger partial charge in [0.05, 0.1) is 18.8 Å². The van der Waals surface area contributed by atoms with Gasteiger partial charge in [-0.15, -0.1) is 0 Å². The maximum Gasteiger partial charge on any atom is 0.136 e. The van der Waals surface area contributed by atoms with Gasteiger partial charge in [0.25, 0.3) is 0 Å². The van der Waals surface area contributed by atoms with Crippen LogP contribution in [-0.2, 0) is 4.74 Å². The van der Waals surface area contributed by atoms with Gasteiger partial charge in [0.2, 0.25) is 0 Å². The molecule has 1 aromatic rings. The largest absolute Gasteiger partial charge is 0.394 e. The van der Waals surface area contributed by atoms with E-state index in [2.05, 4.69) is 10.0 Å². The summed E-state index contributed by atoms with van der Waals surface area (Å²) in [6.07, 6.45) is -3.80. The summed E-state index contributed by atoms with van der Waals surface area (Å²) in [6.45, 7) is -0.541. The smallest absolute Gasteiger partial charge is 0.136 e. The van der Waals surface area contributed by atoms with Crippen LogP contribution in [0.5, 0.6) is 0 Å². The Labute approximate surface area is 134 Å². The number of hydrogen-bond donors (Lipinski definition) is 3. The van der Waals surface area contributed by atoms with Crippen LogP contribution in [0.25, 0.3) is 10.4 Å². The number of ether oxygens (including phenoxy) is 1. The summed E-state index contributed by atoms with van der Waals surface area (Å²) in [5.74, 6) is -0.558. The lowest BCUT2D eigenvalue weighted by atomic mass is 9.98. The zero-order valence-electron chi connectivity index (χ0n) is 11.1. The summed E-state index contributed by atoms with van der Waals surface area (Å²) in [4.78, 5) is 2.69. The molecular weight excluding hydrogens is 337 g/mol. The van der Waals surface area contributed by atoms with Gasteiger partial charge >= 0.3 is 0 Å².